The van der Waals surface area contributed by atoms with Gasteiger partial charge in [0.05, 0.1) is 19.2 Å². The standard InChI is InChI=1S/C23H28F3N3O4S/c1-4-29(34(31,32)21-14-17(2)8-9-20(21)33-3)16-22(30)28-12-10-27(11-13-28)19-7-5-6-18(15-19)23(24,25)26/h5-9,14-15H,4,10-13,16H2,1-3H3. The summed E-state index contributed by atoms with van der Waals surface area (Å²) in [5, 5.41) is 0. The number of carbonyl (C=O) groups excluding carboxylic acids is 1. The van der Waals surface area contributed by atoms with Crippen LogP contribution in [0.5, 0.6) is 5.75 Å². The van der Waals surface area contributed by atoms with Crippen molar-refractivity contribution in [3.8, 4) is 5.75 Å². The first-order valence-electron chi connectivity index (χ1n) is 10.8. The van der Waals surface area contributed by atoms with Crippen molar-refractivity contribution < 1.29 is 31.1 Å². The molecule has 186 valence electrons. The van der Waals surface area contributed by atoms with E-state index in [1.54, 1.807) is 36.9 Å². The molecule has 0 radical (unpaired) electrons. The number of nitrogens with zero attached hydrogens (tertiary/aromatic N) is 3. The van der Waals surface area contributed by atoms with Gasteiger partial charge in [-0.25, -0.2) is 8.42 Å². The lowest BCUT2D eigenvalue weighted by Gasteiger charge is -2.37. The third-order valence-electron chi connectivity index (χ3n) is 5.77. The van der Waals surface area contributed by atoms with Gasteiger partial charge in [-0.2, -0.15) is 17.5 Å². The Hall–Kier alpha value is -2.79. The second-order valence-electron chi connectivity index (χ2n) is 8.00. The fourth-order valence-electron chi connectivity index (χ4n) is 3.84. The molecule has 1 fully saturated rings. The van der Waals surface area contributed by atoms with Crippen LogP contribution in [0.25, 0.3) is 0 Å². The molecule has 0 aromatic heterocycles. The predicted octanol–water partition coefficient (Wildman–Crippen LogP) is 3.38. The minimum Gasteiger partial charge on any atom is -0.495 e. The van der Waals surface area contributed by atoms with Gasteiger partial charge in [0.15, 0.2) is 0 Å². The zero-order chi connectivity index (χ0) is 25.1. The number of carbonyl (C=O) groups is 1. The van der Waals surface area contributed by atoms with E-state index in [1.165, 1.54) is 24.1 Å². The summed E-state index contributed by atoms with van der Waals surface area (Å²) in [5.74, 6) is -0.160. The van der Waals surface area contributed by atoms with E-state index in [-0.39, 0.29) is 42.7 Å². The van der Waals surface area contributed by atoms with Crippen molar-refractivity contribution in [3.05, 3.63) is 53.6 Å². The summed E-state index contributed by atoms with van der Waals surface area (Å²) in [6.45, 7) is 4.42. The molecule has 1 amide bonds. The Labute approximate surface area is 197 Å². The van der Waals surface area contributed by atoms with Gasteiger partial charge < -0.3 is 14.5 Å². The van der Waals surface area contributed by atoms with Crippen LogP contribution in [0, 0.1) is 6.92 Å². The van der Waals surface area contributed by atoms with Gasteiger partial charge in [-0.15, -0.1) is 0 Å². The molecule has 0 unspecified atom stereocenters. The highest BCUT2D eigenvalue weighted by Crippen LogP contribution is 2.32. The number of ether oxygens (including phenoxy) is 1. The molecule has 0 N–H and O–H groups in total. The largest absolute Gasteiger partial charge is 0.495 e. The van der Waals surface area contributed by atoms with E-state index in [0.29, 0.717) is 18.8 Å². The number of benzene rings is 2. The predicted molar refractivity (Wildman–Crippen MR) is 122 cm³/mol. The summed E-state index contributed by atoms with van der Waals surface area (Å²) >= 11 is 0. The van der Waals surface area contributed by atoms with Crippen LogP contribution in [-0.2, 0) is 21.0 Å². The fraction of sp³-hybridized carbons (Fsp3) is 0.435. The lowest BCUT2D eigenvalue weighted by molar-refractivity contribution is -0.137. The first-order valence-corrected chi connectivity index (χ1v) is 12.3. The third kappa shape index (κ3) is 5.64. The number of amides is 1. The van der Waals surface area contributed by atoms with Crippen LogP contribution >= 0.6 is 0 Å². The number of anilines is 1. The smallest absolute Gasteiger partial charge is 0.416 e. The van der Waals surface area contributed by atoms with Gasteiger partial charge in [-0.3, -0.25) is 4.79 Å². The summed E-state index contributed by atoms with van der Waals surface area (Å²) < 4.78 is 71.8. The number of aryl methyl sites for hydroxylation is 1. The summed E-state index contributed by atoms with van der Waals surface area (Å²) in [7, 11) is -2.59. The van der Waals surface area contributed by atoms with Gasteiger partial charge in [0, 0.05) is 38.4 Å². The highest BCUT2D eigenvalue weighted by atomic mass is 32.2. The Morgan fingerprint density at radius 1 is 1.09 bits per heavy atom. The fourth-order valence-corrected chi connectivity index (χ4v) is 5.47. The van der Waals surface area contributed by atoms with Crippen molar-refractivity contribution >= 4 is 21.6 Å². The number of rotatable bonds is 7. The molecule has 0 saturated carbocycles. The normalized spacial score (nSPS) is 15.0. The third-order valence-corrected chi connectivity index (χ3v) is 7.71. The molecule has 2 aromatic carbocycles. The number of sulfonamides is 1. The van der Waals surface area contributed by atoms with Gasteiger partial charge >= 0.3 is 6.18 Å². The number of piperazine rings is 1. The molecule has 3 rings (SSSR count). The number of likely N-dealkylation sites (N-methyl/N-ethyl adjacent to an activating group) is 1. The van der Waals surface area contributed by atoms with Gasteiger partial charge in [0.25, 0.3) is 0 Å². The van der Waals surface area contributed by atoms with Crippen molar-refractivity contribution in [2.45, 2.75) is 24.9 Å². The monoisotopic (exact) mass is 499 g/mol. The SMILES string of the molecule is CCN(CC(=O)N1CCN(c2cccc(C(F)(F)F)c2)CC1)S(=O)(=O)c1cc(C)ccc1OC. The quantitative estimate of drug-likeness (QED) is 0.584. The topological polar surface area (TPSA) is 70.2 Å². The lowest BCUT2D eigenvalue weighted by atomic mass is 10.1. The van der Waals surface area contributed by atoms with E-state index in [9.17, 15) is 26.4 Å². The van der Waals surface area contributed by atoms with Crippen LogP contribution in [0.3, 0.4) is 0 Å². The zero-order valence-corrected chi connectivity index (χ0v) is 20.1. The van der Waals surface area contributed by atoms with Crippen molar-refractivity contribution in [2.75, 3.05) is 51.3 Å². The van der Waals surface area contributed by atoms with Crippen LogP contribution in [0.15, 0.2) is 47.4 Å². The van der Waals surface area contributed by atoms with Gasteiger partial charge in [-0.1, -0.05) is 19.1 Å². The maximum atomic E-state index is 13.2. The molecule has 7 nitrogen and oxygen atoms in total. The highest BCUT2D eigenvalue weighted by molar-refractivity contribution is 7.89. The molecule has 34 heavy (non-hydrogen) atoms. The average Bonchev–Trinajstić information content (AvgIpc) is 2.81. The molecule has 0 atom stereocenters. The van der Waals surface area contributed by atoms with Crippen LogP contribution in [0.2, 0.25) is 0 Å². The summed E-state index contributed by atoms with van der Waals surface area (Å²) in [5.41, 5.74) is 0.456. The Morgan fingerprint density at radius 2 is 1.76 bits per heavy atom. The Balaban J connectivity index is 1.68. The van der Waals surface area contributed by atoms with Gasteiger partial charge in [0.1, 0.15) is 10.6 Å². The Bertz CT molecular complexity index is 1130. The average molecular weight is 500 g/mol. The maximum absolute atomic E-state index is 13.2. The van der Waals surface area contributed by atoms with E-state index in [2.05, 4.69) is 0 Å². The highest BCUT2D eigenvalue weighted by Gasteiger charge is 2.33. The van der Waals surface area contributed by atoms with E-state index < -0.39 is 21.8 Å². The Kier molecular flexibility index (Phi) is 7.77. The summed E-state index contributed by atoms with van der Waals surface area (Å²) in [6.07, 6.45) is -4.43. The van der Waals surface area contributed by atoms with Crippen LogP contribution in [0.4, 0.5) is 18.9 Å². The zero-order valence-electron chi connectivity index (χ0n) is 19.3. The molecule has 0 bridgehead atoms. The minimum atomic E-state index is -4.43. The molecule has 2 aromatic rings. The van der Waals surface area contributed by atoms with E-state index in [0.717, 1.165) is 22.0 Å². The number of alkyl halides is 3. The molecule has 1 aliphatic heterocycles. The number of halogens is 3. The lowest BCUT2D eigenvalue weighted by Crippen LogP contribution is -2.51. The maximum Gasteiger partial charge on any atom is 0.416 e. The molecule has 0 aliphatic carbocycles. The molecular weight excluding hydrogens is 471 g/mol. The second-order valence-corrected chi connectivity index (χ2v) is 9.91. The van der Waals surface area contributed by atoms with Gasteiger partial charge in [-0.05, 0) is 42.8 Å². The summed E-state index contributed by atoms with van der Waals surface area (Å²) in [4.78, 5) is 16.2. The van der Waals surface area contributed by atoms with Crippen LogP contribution in [-0.4, -0.2) is 69.9 Å². The molecule has 1 aliphatic rings. The summed E-state index contributed by atoms with van der Waals surface area (Å²) in [6, 6.07) is 9.90. The molecule has 1 saturated heterocycles. The van der Waals surface area contributed by atoms with Crippen LogP contribution in [0.1, 0.15) is 18.1 Å². The minimum absolute atomic E-state index is 0.000911. The first-order chi connectivity index (χ1) is 16.0. The van der Waals surface area contributed by atoms with E-state index in [1.807, 2.05) is 0 Å². The molecule has 11 heteroatoms. The van der Waals surface area contributed by atoms with Crippen molar-refractivity contribution in [1.29, 1.82) is 0 Å². The number of hydrogen-bond donors (Lipinski definition) is 0. The van der Waals surface area contributed by atoms with Crippen molar-refractivity contribution in [2.24, 2.45) is 0 Å². The first kappa shape index (κ1) is 25.8. The number of hydrogen-bond acceptors (Lipinski definition) is 5. The Morgan fingerprint density at radius 3 is 2.35 bits per heavy atom. The second kappa shape index (κ2) is 10.2. The molecule has 1 heterocycles. The van der Waals surface area contributed by atoms with Gasteiger partial charge in [0.2, 0.25) is 15.9 Å². The van der Waals surface area contributed by atoms with E-state index >= 15 is 0 Å². The van der Waals surface area contributed by atoms with E-state index in [4.69, 9.17) is 4.74 Å². The molecular formula is C23H28F3N3O4S. The van der Waals surface area contributed by atoms with Crippen LogP contribution < -0.4 is 9.64 Å². The molecule has 0 spiro atoms. The van der Waals surface area contributed by atoms with Crippen molar-refractivity contribution in [1.82, 2.24) is 9.21 Å². The number of methoxy groups -OCH3 is 1. The van der Waals surface area contributed by atoms with Crippen molar-refractivity contribution in [3.63, 3.8) is 0 Å².